The minimum atomic E-state index is -1.06. The van der Waals surface area contributed by atoms with Gasteiger partial charge in [-0.2, -0.15) is 0 Å². The van der Waals surface area contributed by atoms with Crippen LogP contribution < -0.4 is 0 Å². The highest BCUT2D eigenvalue weighted by Crippen LogP contribution is 2.69. The number of hydrogen-bond donors (Lipinski definition) is 1. The summed E-state index contributed by atoms with van der Waals surface area (Å²) in [6.07, 6.45) is 7.93. The molecule has 2 saturated carbocycles. The molecule has 0 aromatic carbocycles. The number of hydrogen-bond acceptors (Lipinski definition) is 5. The van der Waals surface area contributed by atoms with Crippen LogP contribution in [-0.4, -0.2) is 35.9 Å². The molecule has 2 bridgehead atoms. The van der Waals surface area contributed by atoms with Crippen molar-refractivity contribution in [2.24, 2.45) is 22.7 Å². The lowest BCUT2D eigenvalue weighted by Crippen LogP contribution is -2.50. The summed E-state index contributed by atoms with van der Waals surface area (Å²) in [5.41, 5.74) is -1.58. The third-order valence-electron chi connectivity index (χ3n) is 8.65. The number of fused-ring (bicyclic) bond motifs is 2. The fraction of sp³-hybridized carbons (Fsp3) is 0.769. The summed E-state index contributed by atoms with van der Waals surface area (Å²) in [6, 6.07) is 0. The number of carbonyl (C=O) groups is 2. The molecule has 0 aliphatic heterocycles. The molecular formula is C26H42O5. The molecule has 1 unspecified atom stereocenters. The van der Waals surface area contributed by atoms with Gasteiger partial charge in [0.2, 0.25) is 0 Å². The number of carbonyl (C=O) groups excluding carboxylic acids is 2. The standard InChI is InChI=1S/C26H42O5/c1-8-10-11-20(9-2)13-15-30-22(27)18(3)19(4)23(28)31-17-26(29)16-21-12-14-25(26,7)24(21,5)6/h20-21,29H,3-4,8-17H2,1-2,5-7H3/t20?,21-,25-,26+/m1/s1. The van der Waals surface area contributed by atoms with E-state index in [1.807, 2.05) is 0 Å². The molecule has 31 heavy (non-hydrogen) atoms. The lowest BCUT2D eigenvalue weighted by atomic mass is 9.64. The molecule has 5 heteroatoms. The molecule has 0 aromatic rings. The minimum Gasteiger partial charge on any atom is -0.462 e. The fourth-order valence-corrected chi connectivity index (χ4v) is 5.61. The average Bonchev–Trinajstić information content (AvgIpc) is 3.05. The third-order valence-corrected chi connectivity index (χ3v) is 8.65. The first-order chi connectivity index (χ1) is 14.4. The van der Waals surface area contributed by atoms with E-state index in [1.54, 1.807) is 0 Å². The summed E-state index contributed by atoms with van der Waals surface area (Å²) < 4.78 is 10.7. The van der Waals surface area contributed by atoms with Crippen LogP contribution >= 0.6 is 0 Å². The van der Waals surface area contributed by atoms with Gasteiger partial charge in [-0.1, -0.05) is 73.5 Å². The summed E-state index contributed by atoms with van der Waals surface area (Å²) in [5.74, 6) is -0.422. The quantitative estimate of drug-likeness (QED) is 0.254. The third kappa shape index (κ3) is 4.92. The van der Waals surface area contributed by atoms with E-state index in [0.717, 1.165) is 38.5 Å². The van der Waals surface area contributed by atoms with E-state index in [9.17, 15) is 14.7 Å². The lowest BCUT2D eigenvalue weighted by Gasteiger charge is -2.44. The molecule has 4 atom stereocenters. The highest BCUT2D eigenvalue weighted by atomic mass is 16.5. The Morgan fingerprint density at radius 1 is 1.06 bits per heavy atom. The fourth-order valence-electron chi connectivity index (χ4n) is 5.61. The molecule has 0 spiro atoms. The van der Waals surface area contributed by atoms with Gasteiger partial charge in [0, 0.05) is 5.41 Å². The second-order valence-electron chi connectivity index (χ2n) is 10.4. The van der Waals surface area contributed by atoms with Crippen molar-refractivity contribution in [1.29, 1.82) is 0 Å². The minimum absolute atomic E-state index is 0.00789. The van der Waals surface area contributed by atoms with Gasteiger partial charge in [-0.05, 0) is 42.9 Å². The van der Waals surface area contributed by atoms with Crippen molar-refractivity contribution in [2.45, 2.75) is 91.6 Å². The Hall–Kier alpha value is -1.62. The Bertz CT molecular complexity index is 709. The van der Waals surface area contributed by atoms with E-state index in [-0.39, 0.29) is 28.6 Å². The molecule has 2 aliphatic rings. The van der Waals surface area contributed by atoms with Crippen LogP contribution in [0.4, 0.5) is 0 Å². The van der Waals surface area contributed by atoms with Gasteiger partial charge in [-0.25, -0.2) is 9.59 Å². The first kappa shape index (κ1) is 25.6. The molecule has 5 nitrogen and oxygen atoms in total. The molecule has 0 heterocycles. The van der Waals surface area contributed by atoms with E-state index in [1.165, 1.54) is 6.42 Å². The van der Waals surface area contributed by atoms with Crippen molar-refractivity contribution in [1.82, 2.24) is 0 Å². The van der Waals surface area contributed by atoms with Gasteiger partial charge in [0.1, 0.15) is 12.2 Å². The second-order valence-corrected chi connectivity index (χ2v) is 10.4. The van der Waals surface area contributed by atoms with Crippen LogP contribution in [0, 0.1) is 22.7 Å². The Labute approximate surface area is 188 Å². The lowest BCUT2D eigenvalue weighted by molar-refractivity contribution is -0.162. The number of unbranched alkanes of at least 4 members (excludes halogenated alkanes) is 1. The SMILES string of the molecule is C=C(C(=C)C(=O)OC[C@@]1(O)C[C@H]2CC[C@]1(C)C2(C)C)C(=O)OCCC(CC)CCCC. The van der Waals surface area contributed by atoms with Crippen LogP contribution in [0.5, 0.6) is 0 Å². The van der Waals surface area contributed by atoms with Gasteiger partial charge >= 0.3 is 11.9 Å². The summed E-state index contributed by atoms with van der Waals surface area (Å²) in [4.78, 5) is 24.8. The van der Waals surface area contributed by atoms with Crippen molar-refractivity contribution in [2.75, 3.05) is 13.2 Å². The molecule has 0 radical (unpaired) electrons. The highest BCUT2D eigenvalue weighted by molar-refractivity contribution is 6.06. The van der Waals surface area contributed by atoms with Crippen LogP contribution in [0.1, 0.15) is 86.0 Å². The number of aliphatic hydroxyl groups is 1. The second kappa shape index (κ2) is 9.89. The Balaban J connectivity index is 1.83. The first-order valence-corrected chi connectivity index (χ1v) is 11.9. The van der Waals surface area contributed by atoms with Crippen molar-refractivity contribution in [3.63, 3.8) is 0 Å². The molecule has 2 aliphatic carbocycles. The number of ether oxygens (including phenoxy) is 2. The maximum absolute atomic E-state index is 12.5. The smallest absolute Gasteiger partial charge is 0.338 e. The molecule has 1 N–H and O–H groups in total. The van der Waals surface area contributed by atoms with Crippen molar-refractivity contribution in [3.8, 4) is 0 Å². The number of esters is 2. The van der Waals surface area contributed by atoms with Crippen molar-refractivity contribution >= 4 is 11.9 Å². The molecule has 0 amide bonds. The van der Waals surface area contributed by atoms with E-state index >= 15 is 0 Å². The molecule has 0 saturated heterocycles. The van der Waals surface area contributed by atoms with Crippen LogP contribution in [0.2, 0.25) is 0 Å². The molecule has 2 fully saturated rings. The Morgan fingerprint density at radius 2 is 1.68 bits per heavy atom. The summed E-state index contributed by atoms with van der Waals surface area (Å²) in [5, 5.41) is 11.3. The van der Waals surface area contributed by atoms with Gasteiger partial charge in [-0.3, -0.25) is 0 Å². The van der Waals surface area contributed by atoms with Crippen LogP contribution in [0.15, 0.2) is 24.3 Å². The van der Waals surface area contributed by atoms with Gasteiger partial charge < -0.3 is 14.6 Å². The predicted molar refractivity (Wildman–Crippen MR) is 122 cm³/mol. The maximum Gasteiger partial charge on any atom is 0.338 e. The average molecular weight is 435 g/mol. The zero-order valence-corrected chi connectivity index (χ0v) is 20.2. The maximum atomic E-state index is 12.5. The summed E-state index contributed by atoms with van der Waals surface area (Å²) >= 11 is 0. The zero-order chi connectivity index (χ0) is 23.4. The van der Waals surface area contributed by atoms with Crippen molar-refractivity contribution in [3.05, 3.63) is 24.3 Å². The number of rotatable bonds is 12. The molecular weight excluding hydrogens is 392 g/mol. The van der Waals surface area contributed by atoms with E-state index in [4.69, 9.17) is 9.47 Å². The Morgan fingerprint density at radius 3 is 2.16 bits per heavy atom. The first-order valence-electron chi connectivity index (χ1n) is 11.9. The predicted octanol–water partition coefficient (Wildman–Crippen LogP) is 5.37. The van der Waals surface area contributed by atoms with Crippen LogP contribution in [0.25, 0.3) is 0 Å². The molecule has 2 rings (SSSR count). The van der Waals surface area contributed by atoms with Gasteiger partial charge in [0.05, 0.1) is 17.8 Å². The Kier molecular flexibility index (Phi) is 8.18. The summed E-state index contributed by atoms with van der Waals surface area (Å²) in [7, 11) is 0. The molecule has 0 aromatic heterocycles. The van der Waals surface area contributed by atoms with Crippen molar-refractivity contribution < 1.29 is 24.2 Å². The van der Waals surface area contributed by atoms with E-state index < -0.39 is 17.5 Å². The monoisotopic (exact) mass is 434 g/mol. The van der Waals surface area contributed by atoms with E-state index in [2.05, 4.69) is 47.8 Å². The van der Waals surface area contributed by atoms with Gasteiger partial charge in [0.15, 0.2) is 0 Å². The van der Waals surface area contributed by atoms with Gasteiger partial charge in [-0.15, -0.1) is 0 Å². The van der Waals surface area contributed by atoms with Gasteiger partial charge in [0.25, 0.3) is 0 Å². The zero-order valence-electron chi connectivity index (χ0n) is 20.2. The topological polar surface area (TPSA) is 72.8 Å². The molecule has 176 valence electrons. The summed E-state index contributed by atoms with van der Waals surface area (Å²) in [6.45, 7) is 18.3. The van der Waals surface area contributed by atoms with E-state index in [0.29, 0.717) is 24.9 Å². The van der Waals surface area contributed by atoms with Crippen LogP contribution in [0.3, 0.4) is 0 Å². The normalized spacial score (nSPS) is 29.4. The largest absolute Gasteiger partial charge is 0.462 e. The highest BCUT2D eigenvalue weighted by Gasteiger charge is 2.68. The van der Waals surface area contributed by atoms with Crippen LogP contribution in [-0.2, 0) is 19.1 Å².